The lowest BCUT2D eigenvalue weighted by molar-refractivity contribution is -0.115. The normalized spacial score (nSPS) is 14.8. The molecule has 1 atom stereocenters. The van der Waals surface area contributed by atoms with Gasteiger partial charge < -0.3 is 10.4 Å². The lowest BCUT2D eigenvalue weighted by Gasteiger charge is -2.14. The summed E-state index contributed by atoms with van der Waals surface area (Å²) in [7, 11) is 0. The number of nitrogens with one attached hydrogen (secondary N) is 1. The van der Waals surface area contributed by atoms with Gasteiger partial charge in [0.2, 0.25) is 5.91 Å². The molecule has 1 aliphatic heterocycles. The van der Waals surface area contributed by atoms with E-state index >= 15 is 0 Å². The predicted octanol–water partition coefficient (Wildman–Crippen LogP) is 3.22. The first kappa shape index (κ1) is 13.2. The monoisotopic (exact) mass is 287 g/mol. The van der Waals surface area contributed by atoms with Crippen molar-refractivity contribution in [2.24, 2.45) is 0 Å². The fraction of sp³-hybridized carbons (Fsp3) is 0.188. The molecule has 0 aromatic heterocycles. The van der Waals surface area contributed by atoms with Crippen LogP contribution in [0.25, 0.3) is 0 Å². The summed E-state index contributed by atoms with van der Waals surface area (Å²) in [6, 6.07) is 11.0. The van der Waals surface area contributed by atoms with Crippen LogP contribution in [-0.2, 0) is 11.2 Å². The van der Waals surface area contributed by atoms with Gasteiger partial charge in [0.25, 0.3) is 0 Å². The third kappa shape index (κ3) is 2.30. The van der Waals surface area contributed by atoms with E-state index in [2.05, 4.69) is 5.32 Å². The number of fused-ring (bicyclic) bond motifs is 1. The summed E-state index contributed by atoms with van der Waals surface area (Å²) in [5.74, 6) is -0.00558. The van der Waals surface area contributed by atoms with E-state index in [1.807, 2.05) is 37.3 Å². The van der Waals surface area contributed by atoms with Gasteiger partial charge in [-0.3, -0.25) is 4.79 Å². The van der Waals surface area contributed by atoms with Crippen LogP contribution < -0.4 is 5.32 Å². The van der Waals surface area contributed by atoms with Gasteiger partial charge in [0, 0.05) is 10.7 Å². The summed E-state index contributed by atoms with van der Waals surface area (Å²) in [5.41, 5.74) is 4.27. The van der Waals surface area contributed by atoms with Crippen LogP contribution in [0.3, 0.4) is 0 Å². The zero-order valence-corrected chi connectivity index (χ0v) is 11.7. The Morgan fingerprint density at radius 2 is 1.90 bits per heavy atom. The Kier molecular flexibility index (Phi) is 3.24. The molecule has 0 aliphatic carbocycles. The second-order valence-corrected chi connectivity index (χ2v) is 5.46. The largest absolute Gasteiger partial charge is 0.384 e. The van der Waals surface area contributed by atoms with Gasteiger partial charge in [-0.2, -0.15) is 0 Å². The van der Waals surface area contributed by atoms with Gasteiger partial charge in [-0.25, -0.2) is 0 Å². The molecule has 102 valence electrons. The van der Waals surface area contributed by atoms with Crippen LogP contribution in [-0.4, -0.2) is 11.0 Å². The Bertz CT molecular complexity index is 697. The Balaban J connectivity index is 1.94. The summed E-state index contributed by atoms with van der Waals surface area (Å²) < 4.78 is 0. The van der Waals surface area contributed by atoms with Crippen LogP contribution in [0.1, 0.15) is 28.4 Å². The van der Waals surface area contributed by atoms with Gasteiger partial charge in [0.05, 0.1) is 6.42 Å². The zero-order chi connectivity index (χ0) is 14.3. The smallest absolute Gasteiger partial charge is 0.228 e. The Hall–Kier alpha value is -1.84. The molecule has 2 aromatic carbocycles. The van der Waals surface area contributed by atoms with E-state index in [-0.39, 0.29) is 5.91 Å². The van der Waals surface area contributed by atoms with Crippen molar-refractivity contribution in [3.05, 3.63) is 63.7 Å². The van der Waals surface area contributed by atoms with E-state index in [0.29, 0.717) is 11.4 Å². The van der Waals surface area contributed by atoms with Crippen LogP contribution in [0.2, 0.25) is 5.02 Å². The van der Waals surface area contributed by atoms with Crippen molar-refractivity contribution >= 4 is 23.2 Å². The number of benzene rings is 2. The molecule has 2 N–H and O–H groups in total. The molecular formula is C16H14ClNO2. The van der Waals surface area contributed by atoms with Gasteiger partial charge in [-0.1, -0.05) is 35.9 Å². The standard InChI is InChI=1S/C16H14ClNO2/c1-9-6-10(2-4-13(9)17)16(20)11-3-5-14-12(7-11)8-15(19)18-14/h2-7,16,20H,8H2,1H3,(H,18,19). The molecule has 0 radical (unpaired) electrons. The first-order chi connectivity index (χ1) is 9.54. The lowest BCUT2D eigenvalue weighted by Crippen LogP contribution is -2.03. The SMILES string of the molecule is Cc1cc(C(O)c2ccc3c(c2)CC(=O)N3)ccc1Cl. The van der Waals surface area contributed by atoms with Crippen molar-refractivity contribution in [2.75, 3.05) is 5.32 Å². The lowest BCUT2D eigenvalue weighted by atomic mass is 9.98. The minimum Gasteiger partial charge on any atom is -0.384 e. The van der Waals surface area contributed by atoms with Crippen LogP contribution in [0.5, 0.6) is 0 Å². The third-order valence-corrected chi connectivity index (χ3v) is 3.99. The predicted molar refractivity (Wildman–Crippen MR) is 79.0 cm³/mol. The van der Waals surface area contributed by atoms with Crippen molar-refractivity contribution in [3.63, 3.8) is 0 Å². The molecule has 1 amide bonds. The second kappa shape index (κ2) is 4.93. The number of hydrogen-bond acceptors (Lipinski definition) is 2. The van der Waals surface area contributed by atoms with Gasteiger partial charge in [-0.15, -0.1) is 0 Å². The molecule has 20 heavy (non-hydrogen) atoms. The maximum absolute atomic E-state index is 11.3. The number of amides is 1. The Morgan fingerprint density at radius 3 is 2.65 bits per heavy atom. The molecule has 1 unspecified atom stereocenters. The minimum atomic E-state index is -0.716. The number of rotatable bonds is 2. The van der Waals surface area contributed by atoms with Crippen molar-refractivity contribution < 1.29 is 9.90 Å². The number of aliphatic hydroxyl groups is 1. The quantitative estimate of drug-likeness (QED) is 0.891. The van der Waals surface area contributed by atoms with E-state index in [1.165, 1.54) is 0 Å². The maximum atomic E-state index is 11.3. The molecule has 0 spiro atoms. The van der Waals surface area contributed by atoms with E-state index in [4.69, 9.17) is 11.6 Å². The Labute approximate surface area is 122 Å². The maximum Gasteiger partial charge on any atom is 0.228 e. The number of carbonyl (C=O) groups is 1. The van der Waals surface area contributed by atoms with E-state index < -0.39 is 6.10 Å². The number of anilines is 1. The zero-order valence-electron chi connectivity index (χ0n) is 11.0. The fourth-order valence-corrected chi connectivity index (χ4v) is 2.57. The van der Waals surface area contributed by atoms with Crippen LogP contribution in [0.4, 0.5) is 5.69 Å². The third-order valence-electron chi connectivity index (χ3n) is 3.57. The van der Waals surface area contributed by atoms with E-state index in [9.17, 15) is 9.90 Å². The second-order valence-electron chi connectivity index (χ2n) is 5.05. The topological polar surface area (TPSA) is 49.3 Å². The summed E-state index contributed by atoms with van der Waals surface area (Å²) in [6.07, 6.45) is -0.345. The number of aliphatic hydroxyl groups excluding tert-OH is 1. The van der Waals surface area contributed by atoms with Crippen molar-refractivity contribution in [3.8, 4) is 0 Å². The van der Waals surface area contributed by atoms with Crippen LogP contribution in [0, 0.1) is 6.92 Å². The molecule has 1 heterocycles. The van der Waals surface area contributed by atoms with Crippen LogP contribution >= 0.6 is 11.6 Å². The van der Waals surface area contributed by atoms with E-state index in [1.54, 1.807) is 6.07 Å². The number of carbonyl (C=O) groups excluding carboxylic acids is 1. The summed E-state index contributed by atoms with van der Waals surface area (Å²) in [4.78, 5) is 11.3. The highest BCUT2D eigenvalue weighted by Gasteiger charge is 2.20. The first-order valence-corrected chi connectivity index (χ1v) is 6.79. The molecule has 3 rings (SSSR count). The molecule has 1 aliphatic rings. The van der Waals surface area contributed by atoms with Crippen molar-refractivity contribution in [1.29, 1.82) is 0 Å². The molecule has 0 saturated carbocycles. The molecule has 2 aromatic rings. The molecule has 3 nitrogen and oxygen atoms in total. The summed E-state index contributed by atoms with van der Waals surface area (Å²) in [6.45, 7) is 1.91. The molecule has 0 saturated heterocycles. The highest BCUT2D eigenvalue weighted by Crippen LogP contribution is 2.30. The van der Waals surface area contributed by atoms with E-state index in [0.717, 1.165) is 27.9 Å². The summed E-state index contributed by atoms with van der Waals surface area (Å²) in [5, 5.41) is 13.9. The average molecular weight is 288 g/mol. The molecule has 4 heteroatoms. The van der Waals surface area contributed by atoms with Crippen LogP contribution in [0.15, 0.2) is 36.4 Å². The van der Waals surface area contributed by atoms with Gasteiger partial charge in [0.15, 0.2) is 0 Å². The molecule has 0 fully saturated rings. The van der Waals surface area contributed by atoms with Crippen molar-refractivity contribution in [1.82, 2.24) is 0 Å². The Morgan fingerprint density at radius 1 is 1.20 bits per heavy atom. The highest BCUT2D eigenvalue weighted by molar-refractivity contribution is 6.31. The molecular weight excluding hydrogens is 274 g/mol. The minimum absolute atomic E-state index is 0.00558. The van der Waals surface area contributed by atoms with Gasteiger partial charge in [-0.05, 0) is 41.3 Å². The summed E-state index contributed by atoms with van der Waals surface area (Å²) >= 11 is 6.00. The fourth-order valence-electron chi connectivity index (χ4n) is 2.45. The highest BCUT2D eigenvalue weighted by atomic mass is 35.5. The first-order valence-electron chi connectivity index (χ1n) is 6.41. The number of aryl methyl sites for hydroxylation is 1. The average Bonchev–Trinajstić information content (AvgIpc) is 2.80. The number of hydrogen-bond donors (Lipinski definition) is 2. The van der Waals surface area contributed by atoms with Gasteiger partial charge in [0.1, 0.15) is 6.10 Å². The van der Waals surface area contributed by atoms with Gasteiger partial charge >= 0.3 is 0 Å². The van der Waals surface area contributed by atoms with Crippen molar-refractivity contribution in [2.45, 2.75) is 19.4 Å². The number of halogens is 1. The molecule has 0 bridgehead atoms.